The minimum atomic E-state index is 0.0741. The van der Waals surface area contributed by atoms with Crippen molar-refractivity contribution < 1.29 is 4.79 Å². The fourth-order valence-electron chi connectivity index (χ4n) is 2.33. The van der Waals surface area contributed by atoms with Crippen LogP contribution in [0.1, 0.15) is 10.4 Å². The van der Waals surface area contributed by atoms with Crippen molar-refractivity contribution in [2.45, 2.75) is 0 Å². The first kappa shape index (κ1) is 11.6. The summed E-state index contributed by atoms with van der Waals surface area (Å²) in [4.78, 5) is 17.4. The number of hydrogen-bond donors (Lipinski definition) is 2. The summed E-state index contributed by atoms with van der Waals surface area (Å²) in [6, 6.07) is 5.61. The number of fused-ring (bicyclic) bond motifs is 1. The Morgan fingerprint density at radius 3 is 2.83 bits per heavy atom. The molecule has 4 nitrogen and oxygen atoms in total. The average Bonchev–Trinajstić information content (AvgIpc) is 2.84. The van der Waals surface area contributed by atoms with Crippen LogP contribution in [-0.2, 0) is 0 Å². The molecular formula is C13H14ClN3O. The Hall–Kier alpha value is -1.52. The number of benzene rings is 1. The molecule has 1 amide bonds. The number of rotatable bonds is 1. The Morgan fingerprint density at radius 1 is 1.28 bits per heavy atom. The number of halogens is 1. The number of amides is 1. The summed E-state index contributed by atoms with van der Waals surface area (Å²) in [6.07, 6.45) is 1.75. The molecule has 2 N–H and O–H groups in total. The van der Waals surface area contributed by atoms with E-state index in [0.29, 0.717) is 10.6 Å². The van der Waals surface area contributed by atoms with E-state index in [2.05, 4.69) is 10.3 Å². The van der Waals surface area contributed by atoms with Crippen LogP contribution >= 0.6 is 11.6 Å². The van der Waals surface area contributed by atoms with E-state index in [1.165, 1.54) is 0 Å². The second kappa shape index (κ2) is 4.63. The molecule has 1 fully saturated rings. The molecule has 0 saturated carbocycles. The Morgan fingerprint density at radius 2 is 2.06 bits per heavy atom. The van der Waals surface area contributed by atoms with Gasteiger partial charge in [0, 0.05) is 37.8 Å². The molecule has 2 aromatic rings. The minimum Gasteiger partial charge on any atom is -0.359 e. The van der Waals surface area contributed by atoms with Crippen molar-refractivity contribution in [1.29, 1.82) is 0 Å². The number of hydrogen-bond acceptors (Lipinski definition) is 2. The Kier molecular flexibility index (Phi) is 2.97. The summed E-state index contributed by atoms with van der Waals surface area (Å²) in [5.41, 5.74) is 1.53. The van der Waals surface area contributed by atoms with Gasteiger partial charge in [0.05, 0.1) is 16.1 Å². The molecule has 3 rings (SSSR count). The molecule has 1 aromatic carbocycles. The van der Waals surface area contributed by atoms with E-state index in [0.717, 1.165) is 37.1 Å². The van der Waals surface area contributed by atoms with Crippen LogP contribution in [0.4, 0.5) is 0 Å². The Bertz CT molecular complexity index is 587. The zero-order valence-electron chi connectivity index (χ0n) is 9.87. The highest BCUT2D eigenvalue weighted by atomic mass is 35.5. The summed E-state index contributed by atoms with van der Waals surface area (Å²) in [7, 11) is 0. The molecule has 94 valence electrons. The molecule has 5 heteroatoms. The van der Waals surface area contributed by atoms with Crippen molar-refractivity contribution in [2.75, 3.05) is 26.2 Å². The molecular weight excluding hydrogens is 250 g/mol. The van der Waals surface area contributed by atoms with E-state index in [4.69, 9.17) is 11.6 Å². The Balaban J connectivity index is 1.98. The monoisotopic (exact) mass is 263 g/mol. The predicted molar refractivity (Wildman–Crippen MR) is 72.1 cm³/mol. The van der Waals surface area contributed by atoms with E-state index < -0.39 is 0 Å². The van der Waals surface area contributed by atoms with Gasteiger partial charge in [-0.1, -0.05) is 23.7 Å². The molecule has 0 radical (unpaired) electrons. The molecule has 1 aliphatic heterocycles. The molecule has 2 heterocycles. The summed E-state index contributed by atoms with van der Waals surface area (Å²) >= 11 is 6.09. The fourth-order valence-corrected chi connectivity index (χ4v) is 2.56. The third kappa shape index (κ3) is 1.87. The molecule has 18 heavy (non-hydrogen) atoms. The Labute approximate surface area is 110 Å². The van der Waals surface area contributed by atoms with Crippen LogP contribution in [0.5, 0.6) is 0 Å². The lowest BCUT2D eigenvalue weighted by molar-refractivity contribution is 0.0738. The van der Waals surface area contributed by atoms with Crippen LogP contribution < -0.4 is 5.32 Å². The third-order valence-corrected chi connectivity index (χ3v) is 3.61. The standard InChI is InChI=1S/C13H14ClN3O/c14-11-3-1-2-9-10(8-16-12(9)11)13(18)17-6-4-15-5-7-17/h1-3,8,15-16H,4-7H2. The van der Waals surface area contributed by atoms with E-state index >= 15 is 0 Å². The number of aromatic nitrogens is 1. The van der Waals surface area contributed by atoms with Crippen molar-refractivity contribution in [2.24, 2.45) is 0 Å². The van der Waals surface area contributed by atoms with Crippen molar-refractivity contribution in [3.05, 3.63) is 35.0 Å². The zero-order valence-corrected chi connectivity index (χ0v) is 10.6. The first-order chi connectivity index (χ1) is 8.77. The van der Waals surface area contributed by atoms with E-state index in [-0.39, 0.29) is 5.91 Å². The molecule has 1 saturated heterocycles. The zero-order chi connectivity index (χ0) is 12.5. The van der Waals surface area contributed by atoms with Gasteiger partial charge in [0.25, 0.3) is 5.91 Å². The van der Waals surface area contributed by atoms with Crippen molar-refractivity contribution in [1.82, 2.24) is 15.2 Å². The number of H-pyrrole nitrogens is 1. The molecule has 0 bridgehead atoms. The number of nitrogens with one attached hydrogen (secondary N) is 2. The van der Waals surface area contributed by atoms with Crippen molar-refractivity contribution in [3.8, 4) is 0 Å². The first-order valence-electron chi connectivity index (χ1n) is 6.03. The van der Waals surface area contributed by atoms with Gasteiger partial charge in [0.1, 0.15) is 0 Å². The summed E-state index contributed by atoms with van der Waals surface area (Å²) in [5.74, 6) is 0.0741. The maximum atomic E-state index is 12.4. The van der Waals surface area contributed by atoms with Crippen molar-refractivity contribution >= 4 is 28.4 Å². The lowest BCUT2D eigenvalue weighted by Crippen LogP contribution is -2.46. The van der Waals surface area contributed by atoms with Gasteiger partial charge in [0.2, 0.25) is 0 Å². The van der Waals surface area contributed by atoms with Crippen LogP contribution in [0.3, 0.4) is 0 Å². The molecule has 1 aromatic heterocycles. The lowest BCUT2D eigenvalue weighted by Gasteiger charge is -2.27. The summed E-state index contributed by atoms with van der Waals surface area (Å²) < 4.78 is 0. The average molecular weight is 264 g/mol. The third-order valence-electron chi connectivity index (χ3n) is 3.30. The number of carbonyl (C=O) groups excluding carboxylic acids is 1. The van der Waals surface area contributed by atoms with E-state index in [1.54, 1.807) is 6.20 Å². The van der Waals surface area contributed by atoms with Gasteiger partial charge in [-0.3, -0.25) is 4.79 Å². The summed E-state index contributed by atoms with van der Waals surface area (Å²) in [5, 5.41) is 4.78. The van der Waals surface area contributed by atoms with Crippen LogP contribution in [0.2, 0.25) is 5.02 Å². The van der Waals surface area contributed by atoms with Gasteiger partial charge in [-0.25, -0.2) is 0 Å². The van der Waals surface area contributed by atoms with Crippen LogP contribution in [0.25, 0.3) is 10.9 Å². The smallest absolute Gasteiger partial charge is 0.256 e. The van der Waals surface area contributed by atoms with E-state index in [9.17, 15) is 4.79 Å². The second-order valence-corrected chi connectivity index (χ2v) is 4.81. The van der Waals surface area contributed by atoms with E-state index in [1.807, 2.05) is 23.1 Å². The number of aromatic amines is 1. The van der Waals surface area contributed by atoms with Gasteiger partial charge in [-0.15, -0.1) is 0 Å². The number of carbonyl (C=O) groups is 1. The maximum absolute atomic E-state index is 12.4. The van der Waals surface area contributed by atoms with Crippen LogP contribution in [0, 0.1) is 0 Å². The van der Waals surface area contributed by atoms with Gasteiger partial charge in [-0.2, -0.15) is 0 Å². The summed E-state index contributed by atoms with van der Waals surface area (Å²) in [6.45, 7) is 3.22. The van der Waals surface area contributed by atoms with Gasteiger partial charge < -0.3 is 15.2 Å². The normalized spacial score (nSPS) is 16.2. The minimum absolute atomic E-state index is 0.0741. The lowest BCUT2D eigenvalue weighted by atomic mass is 10.1. The topological polar surface area (TPSA) is 48.1 Å². The number of nitrogens with zero attached hydrogens (tertiary/aromatic N) is 1. The van der Waals surface area contributed by atoms with Crippen molar-refractivity contribution in [3.63, 3.8) is 0 Å². The number of piperazine rings is 1. The highest BCUT2D eigenvalue weighted by Crippen LogP contribution is 2.26. The fraction of sp³-hybridized carbons (Fsp3) is 0.308. The highest BCUT2D eigenvalue weighted by molar-refractivity contribution is 6.35. The molecule has 0 atom stereocenters. The second-order valence-electron chi connectivity index (χ2n) is 4.41. The SMILES string of the molecule is O=C(c1c[nH]c2c(Cl)cccc12)N1CCNCC1. The largest absolute Gasteiger partial charge is 0.359 e. The number of para-hydroxylation sites is 1. The maximum Gasteiger partial charge on any atom is 0.256 e. The molecule has 0 unspecified atom stereocenters. The van der Waals surface area contributed by atoms with Crippen LogP contribution in [-0.4, -0.2) is 42.0 Å². The quantitative estimate of drug-likeness (QED) is 0.825. The molecule has 0 spiro atoms. The molecule has 0 aliphatic carbocycles. The van der Waals surface area contributed by atoms with Gasteiger partial charge in [0.15, 0.2) is 0 Å². The highest BCUT2D eigenvalue weighted by Gasteiger charge is 2.21. The molecule has 1 aliphatic rings. The van der Waals surface area contributed by atoms with Gasteiger partial charge >= 0.3 is 0 Å². The van der Waals surface area contributed by atoms with Crippen LogP contribution in [0.15, 0.2) is 24.4 Å². The predicted octanol–water partition coefficient (Wildman–Crippen LogP) is 1.87. The van der Waals surface area contributed by atoms with Gasteiger partial charge in [-0.05, 0) is 6.07 Å². The first-order valence-corrected chi connectivity index (χ1v) is 6.41.